The van der Waals surface area contributed by atoms with E-state index >= 15 is 0 Å². The number of hydrogen-bond acceptors (Lipinski definition) is 3. The van der Waals surface area contributed by atoms with Crippen LogP contribution in [0, 0.1) is 0 Å². The second kappa shape index (κ2) is 7.48. The van der Waals surface area contributed by atoms with Gasteiger partial charge in [-0.1, -0.05) is 25.5 Å². The fraction of sp³-hybridized carbons (Fsp3) is 0.429. The minimum atomic E-state index is -0.212. The highest BCUT2D eigenvalue weighted by Crippen LogP contribution is 2.10. The highest BCUT2D eigenvalue weighted by molar-refractivity contribution is 5.88. The van der Waals surface area contributed by atoms with Gasteiger partial charge in [-0.25, -0.2) is 0 Å². The molecular weight excluding hydrogens is 230 g/mol. The molecule has 0 spiro atoms. The van der Waals surface area contributed by atoms with Crippen molar-refractivity contribution >= 4 is 17.6 Å². The van der Waals surface area contributed by atoms with Crippen LogP contribution in [0.1, 0.15) is 32.3 Å². The van der Waals surface area contributed by atoms with Gasteiger partial charge in [0.15, 0.2) is 0 Å². The summed E-state index contributed by atoms with van der Waals surface area (Å²) in [4.78, 5) is 22.3. The van der Waals surface area contributed by atoms with E-state index in [1.807, 2.05) is 12.1 Å². The summed E-state index contributed by atoms with van der Waals surface area (Å²) in [6, 6.07) is 7.17. The fourth-order valence-electron chi connectivity index (χ4n) is 1.46. The number of unbranched alkanes of at least 4 members (excludes halogenated alkanes) is 1. The Labute approximate surface area is 107 Å². The maximum absolute atomic E-state index is 11.5. The molecule has 18 heavy (non-hydrogen) atoms. The van der Waals surface area contributed by atoms with Gasteiger partial charge >= 0.3 is 5.97 Å². The highest BCUT2D eigenvalue weighted by atomic mass is 16.5. The topological polar surface area (TPSA) is 55.4 Å². The van der Waals surface area contributed by atoms with Crippen molar-refractivity contribution in [1.82, 2.24) is 0 Å². The number of carbonyl (C=O) groups excluding carboxylic acids is 2. The van der Waals surface area contributed by atoms with Crippen LogP contribution in [0.4, 0.5) is 5.69 Å². The normalized spacial score (nSPS) is 9.89. The zero-order chi connectivity index (χ0) is 13.4. The number of nitrogens with one attached hydrogen (secondary N) is 1. The van der Waals surface area contributed by atoms with Crippen molar-refractivity contribution in [3.05, 3.63) is 29.8 Å². The SMILES string of the molecule is CCCCOC(=O)Cc1ccc(NC(C)=O)cc1. The van der Waals surface area contributed by atoms with Gasteiger partial charge < -0.3 is 10.1 Å². The van der Waals surface area contributed by atoms with Crippen LogP contribution in [0.2, 0.25) is 0 Å². The number of amides is 1. The number of benzene rings is 1. The van der Waals surface area contributed by atoms with E-state index in [0.29, 0.717) is 6.61 Å². The van der Waals surface area contributed by atoms with Crippen LogP contribution in [0.15, 0.2) is 24.3 Å². The van der Waals surface area contributed by atoms with E-state index < -0.39 is 0 Å². The lowest BCUT2D eigenvalue weighted by Crippen LogP contribution is -2.09. The first-order valence-electron chi connectivity index (χ1n) is 6.14. The first-order chi connectivity index (χ1) is 8.61. The minimum Gasteiger partial charge on any atom is -0.465 e. The summed E-state index contributed by atoms with van der Waals surface area (Å²) < 4.78 is 5.07. The molecule has 98 valence electrons. The van der Waals surface area contributed by atoms with Crippen molar-refractivity contribution in [2.24, 2.45) is 0 Å². The molecule has 0 saturated heterocycles. The molecule has 0 heterocycles. The van der Waals surface area contributed by atoms with Crippen molar-refractivity contribution in [2.45, 2.75) is 33.1 Å². The fourth-order valence-corrected chi connectivity index (χ4v) is 1.46. The zero-order valence-corrected chi connectivity index (χ0v) is 10.9. The molecule has 1 aromatic carbocycles. The van der Waals surface area contributed by atoms with Gasteiger partial charge in [-0.3, -0.25) is 9.59 Å². The van der Waals surface area contributed by atoms with Gasteiger partial charge in [0.05, 0.1) is 13.0 Å². The molecule has 0 aromatic heterocycles. The predicted octanol–water partition coefficient (Wildman–Crippen LogP) is 2.53. The number of ether oxygens (including phenoxy) is 1. The Balaban J connectivity index is 2.43. The molecule has 0 aliphatic rings. The number of carbonyl (C=O) groups is 2. The van der Waals surface area contributed by atoms with E-state index in [1.54, 1.807) is 12.1 Å². The summed E-state index contributed by atoms with van der Waals surface area (Å²) in [5, 5.41) is 2.67. The summed E-state index contributed by atoms with van der Waals surface area (Å²) >= 11 is 0. The third kappa shape index (κ3) is 5.48. The van der Waals surface area contributed by atoms with Crippen molar-refractivity contribution in [3.8, 4) is 0 Å². The third-order valence-corrected chi connectivity index (χ3v) is 2.38. The lowest BCUT2D eigenvalue weighted by Gasteiger charge is -2.05. The Kier molecular flexibility index (Phi) is 5.91. The van der Waals surface area contributed by atoms with Gasteiger partial charge in [0.25, 0.3) is 0 Å². The van der Waals surface area contributed by atoms with Crippen LogP contribution in [0.5, 0.6) is 0 Å². The maximum atomic E-state index is 11.5. The molecule has 1 N–H and O–H groups in total. The molecule has 4 nitrogen and oxygen atoms in total. The maximum Gasteiger partial charge on any atom is 0.310 e. The Morgan fingerprint density at radius 1 is 1.22 bits per heavy atom. The summed E-state index contributed by atoms with van der Waals surface area (Å²) in [5.41, 5.74) is 1.61. The third-order valence-electron chi connectivity index (χ3n) is 2.38. The Bertz CT molecular complexity index is 398. The molecule has 0 bridgehead atoms. The van der Waals surface area contributed by atoms with Gasteiger partial charge in [0, 0.05) is 12.6 Å². The first kappa shape index (κ1) is 14.2. The zero-order valence-electron chi connectivity index (χ0n) is 10.9. The van der Waals surface area contributed by atoms with E-state index in [4.69, 9.17) is 4.74 Å². The molecule has 0 saturated carbocycles. The Morgan fingerprint density at radius 2 is 1.89 bits per heavy atom. The highest BCUT2D eigenvalue weighted by Gasteiger charge is 2.04. The molecule has 0 aliphatic heterocycles. The number of rotatable bonds is 6. The lowest BCUT2D eigenvalue weighted by atomic mass is 10.1. The van der Waals surface area contributed by atoms with Gasteiger partial charge in [0.1, 0.15) is 0 Å². The van der Waals surface area contributed by atoms with Gasteiger partial charge in [-0.2, -0.15) is 0 Å². The van der Waals surface area contributed by atoms with E-state index in [9.17, 15) is 9.59 Å². The van der Waals surface area contributed by atoms with Gasteiger partial charge in [-0.05, 0) is 24.1 Å². The average Bonchev–Trinajstić information content (AvgIpc) is 2.31. The number of anilines is 1. The first-order valence-corrected chi connectivity index (χ1v) is 6.14. The van der Waals surface area contributed by atoms with Crippen LogP contribution in [0.25, 0.3) is 0 Å². The second-order valence-corrected chi connectivity index (χ2v) is 4.13. The van der Waals surface area contributed by atoms with Crippen LogP contribution in [0.3, 0.4) is 0 Å². The van der Waals surface area contributed by atoms with Crippen LogP contribution in [-0.2, 0) is 20.7 Å². The van der Waals surface area contributed by atoms with E-state index in [-0.39, 0.29) is 18.3 Å². The average molecular weight is 249 g/mol. The minimum absolute atomic E-state index is 0.110. The van der Waals surface area contributed by atoms with Crippen LogP contribution in [-0.4, -0.2) is 18.5 Å². The van der Waals surface area contributed by atoms with Crippen molar-refractivity contribution in [2.75, 3.05) is 11.9 Å². The molecule has 0 fully saturated rings. The molecule has 0 aliphatic carbocycles. The standard InChI is InChI=1S/C14H19NO3/c1-3-4-9-18-14(17)10-12-5-7-13(8-6-12)15-11(2)16/h5-8H,3-4,9-10H2,1-2H3,(H,15,16). The predicted molar refractivity (Wildman–Crippen MR) is 70.3 cm³/mol. The molecule has 0 unspecified atom stereocenters. The van der Waals surface area contributed by atoms with Crippen LogP contribution >= 0.6 is 0 Å². The van der Waals surface area contributed by atoms with Crippen molar-refractivity contribution in [1.29, 1.82) is 0 Å². The van der Waals surface area contributed by atoms with Gasteiger partial charge in [0.2, 0.25) is 5.91 Å². The summed E-state index contributed by atoms with van der Waals surface area (Å²) in [6.45, 7) is 3.99. The molecule has 1 rings (SSSR count). The molecule has 1 aromatic rings. The quantitative estimate of drug-likeness (QED) is 0.622. The van der Waals surface area contributed by atoms with Crippen molar-refractivity contribution < 1.29 is 14.3 Å². The number of hydrogen-bond donors (Lipinski definition) is 1. The summed E-state index contributed by atoms with van der Waals surface area (Å²) in [5.74, 6) is -0.322. The largest absolute Gasteiger partial charge is 0.465 e. The van der Waals surface area contributed by atoms with Crippen molar-refractivity contribution in [3.63, 3.8) is 0 Å². The number of esters is 1. The van der Waals surface area contributed by atoms with E-state index in [2.05, 4.69) is 12.2 Å². The Morgan fingerprint density at radius 3 is 2.44 bits per heavy atom. The Hall–Kier alpha value is -1.84. The second-order valence-electron chi connectivity index (χ2n) is 4.13. The molecular formula is C14H19NO3. The van der Waals surface area contributed by atoms with E-state index in [0.717, 1.165) is 24.1 Å². The monoisotopic (exact) mass is 249 g/mol. The molecule has 1 amide bonds. The lowest BCUT2D eigenvalue weighted by molar-refractivity contribution is -0.142. The summed E-state index contributed by atoms with van der Waals surface area (Å²) in [6.07, 6.45) is 2.18. The molecule has 0 atom stereocenters. The molecule has 0 radical (unpaired) electrons. The summed E-state index contributed by atoms with van der Waals surface area (Å²) in [7, 11) is 0. The van der Waals surface area contributed by atoms with Crippen LogP contribution < -0.4 is 5.32 Å². The smallest absolute Gasteiger partial charge is 0.310 e. The van der Waals surface area contributed by atoms with E-state index in [1.165, 1.54) is 6.92 Å². The van der Waals surface area contributed by atoms with Gasteiger partial charge in [-0.15, -0.1) is 0 Å². The molecule has 4 heteroatoms.